The lowest BCUT2D eigenvalue weighted by molar-refractivity contribution is -0.139. The molecule has 2 N–H and O–H groups in total. The predicted molar refractivity (Wildman–Crippen MR) is 125 cm³/mol. The van der Waals surface area contributed by atoms with Crippen LogP contribution in [-0.2, 0) is 9.53 Å². The molecule has 0 aliphatic carbocycles. The van der Waals surface area contributed by atoms with Gasteiger partial charge in [-0.05, 0) is 36.8 Å². The van der Waals surface area contributed by atoms with Gasteiger partial charge in [0.2, 0.25) is 0 Å². The Kier molecular flexibility index (Phi) is 7.15. The lowest BCUT2D eigenvalue weighted by atomic mass is 9.95. The van der Waals surface area contributed by atoms with Crippen LogP contribution in [0.1, 0.15) is 18.5 Å². The van der Waals surface area contributed by atoms with E-state index in [-0.39, 0.29) is 12.4 Å². The van der Waals surface area contributed by atoms with Crippen molar-refractivity contribution in [2.45, 2.75) is 13.0 Å². The quantitative estimate of drug-likeness (QED) is 0.630. The molecule has 0 unspecified atom stereocenters. The second kappa shape index (κ2) is 10.2. The van der Waals surface area contributed by atoms with Crippen molar-refractivity contribution in [3.8, 4) is 0 Å². The van der Waals surface area contributed by atoms with Crippen molar-refractivity contribution < 1.29 is 18.7 Å². The molecule has 7 nitrogen and oxygen atoms in total. The second-order valence-corrected chi connectivity index (χ2v) is 8.35. The Morgan fingerprint density at radius 3 is 2.61 bits per heavy atom. The van der Waals surface area contributed by atoms with E-state index in [2.05, 4.69) is 15.5 Å². The Balaban J connectivity index is 1.57. The third kappa shape index (κ3) is 5.29. The van der Waals surface area contributed by atoms with Crippen molar-refractivity contribution >= 4 is 29.3 Å². The summed E-state index contributed by atoms with van der Waals surface area (Å²) in [5, 5.41) is 6.12. The molecule has 1 atom stereocenters. The number of piperazine rings is 1. The number of nitrogens with zero attached hydrogens (tertiary/aromatic N) is 2. The Morgan fingerprint density at radius 1 is 1.15 bits per heavy atom. The van der Waals surface area contributed by atoms with Crippen LogP contribution in [0.4, 0.5) is 14.9 Å². The number of hydrogen-bond acceptors (Lipinski definition) is 5. The van der Waals surface area contributed by atoms with Gasteiger partial charge in [0.1, 0.15) is 5.82 Å². The molecular formula is C24H26ClFN4O3. The zero-order valence-corrected chi connectivity index (χ0v) is 19.1. The minimum Gasteiger partial charge on any atom is -0.463 e. The van der Waals surface area contributed by atoms with E-state index in [4.69, 9.17) is 16.3 Å². The first-order chi connectivity index (χ1) is 16.0. The zero-order chi connectivity index (χ0) is 23.4. The van der Waals surface area contributed by atoms with E-state index >= 15 is 0 Å². The molecule has 4 rings (SSSR count). The summed E-state index contributed by atoms with van der Waals surface area (Å²) in [4.78, 5) is 29.5. The summed E-state index contributed by atoms with van der Waals surface area (Å²) < 4.78 is 19.5. The van der Waals surface area contributed by atoms with Crippen molar-refractivity contribution in [1.82, 2.24) is 15.5 Å². The molecule has 0 spiro atoms. The van der Waals surface area contributed by atoms with Gasteiger partial charge >= 0.3 is 12.0 Å². The molecule has 2 aliphatic rings. The normalized spacial score (nSPS) is 19.2. The van der Waals surface area contributed by atoms with E-state index in [0.29, 0.717) is 60.3 Å². The van der Waals surface area contributed by atoms with Gasteiger partial charge < -0.3 is 20.3 Å². The number of hydrogen-bond donors (Lipinski definition) is 2. The first-order valence-electron chi connectivity index (χ1n) is 10.9. The van der Waals surface area contributed by atoms with Crippen LogP contribution in [0.25, 0.3) is 0 Å². The number of carbonyl (C=O) groups excluding carboxylic acids is 2. The zero-order valence-electron chi connectivity index (χ0n) is 18.3. The van der Waals surface area contributed by atoms with Gasteiger partial charge in [-0.3, -0.25) is 4.90 Å². The molecule has 0 bridgehead atoms. The molecule has 9 heteroatoms. The highest BCUT2D eigenvalue weighted by atomic mass is 35.5. The summed E-state index contributed by atoms with van der Waals surface area (Å²) in [6, 6.07) is 12.7. The highest BCUT2D eigenvalue weighted by Gasteiger charge is 2.35. The van der Waals surface area contributed by atoms with Crippen molar-refractivity contribution in [1.29, 1.82) is 0 Å². The number of nitrogens with one attached hydrogen (secondary N) is 2. The average Bonchev–Trinajstić information content (AvgIpc) is 2.80. The number of rotatable bonds is 6. The summed E-state index contributed by atoms with van der Waals surface area (Å²) in [6.07, 6.45) is 0. The molecule has 1 fully saturated rings. The number of carbonyl (C=O) groups is 2. The SMILES string of the molecule is CCOC(=O)C1=C(CN2CCN(c3ccccc3F)CC2)NC(=O)N[C@@H]1c1cccc(Cl)c1. The van der Waals surface area contributed by atoms with Gasteiger partial charge in [0.25, 0.3) is 0 Å². The fraction of sp³-hybridized carbons (Fsp3) is 0.333. The largest absolute Gasteiger partial charge is 0.463 e. The Bertz CT molecular complexity index is 1070. The van der Waals surface area contributed by atoms with E-state index in [1.54, 1.807) is 37.3 Å². The van der Waals surface area contributed by atoms with Crippen molar-refractivity contribution in [3.63, 3.8) is 0 Å². The van der Waals surface area contributed by atoms with Crippen molar-refractivity contribution in [3.05, 3.63) is 76.2 Å². The third-order valence-electron chi connectivity index (χ3n) is 5.78. The van der Waals surface area contributed by atoms with Gasteiger partial charge in [0.15, 0.2) is 0 Å². The summed E-state index contributed by atoms with van der Waals surface area (Å²) >= 11 is 6.16. The number of para-hydroxylation sites is 1. The van der Waals surface area contributed by atoms with Crippen LogP contribution in [0.5, 0.6) is 0 Å². The molecule has 0 saturated carbocycles. The third-order valence-corrected chi connectivity index (χ3v) is 6.01. The lowest BCUT2D eigenvalue weighted by Gasteiger charge is -2.38. The maximum absolute atomic E-state index is 14.2. The Labute approximate surface area is 197 Å². The summed E-state index contributed by atoms with van der Waals surface area (Å²) in [7, 11) is 0. The van der Waals surface area contributed by atoms with Gasteiger partial charge in [-0.1, -0.05) is 35.9 Å². The number of benzene rings is 2. The van der Waals surface area contributed by atoms with Gasteiger partial charge in [0, 0.05) is 43.4 Å². The van der Waals surface area contributed by atoms with E-state index in [0.717, 1.165) is 0 Å². The molecule has 33 heavy (non-hydrogen) atoms. The average molecular weight is 473 g/mol. The first-order valence-corrected chi connectivity index (χ1v) is 11.3. The van der Waals surface area contributed by atoms with Crippen LogP contribution in [0.2, 0.25) is 5.02 Å². The topological polar surface area (TPSA) is 73.9 Å². The summed E-state index contributed by atoms with van der Waals surface area (Å²) in [5.74, 6) is -0.733. The monoisotopic (exact) mass is 472 g/mol. The molecular weight excluding hydrogens is 447 g/mol. The maximum Gasteiger partial charge on any atom is 0.338 e. The molecule has 0 aromatic heterocycles. The highest BCUT2D eigenvalue weighted by Crippen LogP contribution is 2.30. The Morgan fingerprint density at radius 2 is 1.91 bits per heavy atom. The van der Waals surface area contributed by atoms with E-state index in [1.807, 2.05) is 17.0 Å². The Hall–Kier alpha value is -3.10. The smallest absolute Gasteiger partial charge is 0.338 e. The molecule has 2 heterocycles. The maximum atomic E-state index is 14.2. The number of amides is 2. The minimum atomic E-state index is -0.675. The number of halogens is 2. The van der Waals surface area contributed by atoms with Crippen molar-refractivity contribution in [2.24, 2.45) is 0 Å². The number of urea groups is 1. The van der Waals surface area contributed by atoms with Crippen molar-refractivity contribution in [2.75, 3.05) is 44.2 Å². The molecule has 0 radical (unpaired) electrons. The molecule has 1 saturated heterocycles. The number of anilines is 1. The standard InChI is InChI=1S/C24H26ClFN4O3/c1-2-33-23(31)21-19(27-24(32)28-22(21)16-6-5-7-17(25)14-16)15-29-10-12-30(13-11-29)20-9-4-3-8-18(20)26/h3-9,14,22H,2,10-13,15H2,1H3,(H2,27,28,32)/t22-/m1/s1. The van der Waals surface area contributed by atoms with Gasteiger partial charge in [-0.25, -0.2) is 14.0 Å². The van der Waals surface area contributed by atoms with Crippen LogP contribution in [0, 0.1) is 5.82 Å². The predicted octanol–water partition coefficient (Wildman–Crippen LogP) is 3.47. The van der Waals surface area contributed by atoms with Gasteiger partial charge in [-0.15, -0.1) is 0 Å². The molecule has 2 amide bonds. The molecule has 174 valence electrons. The molecule has 2 aromatic rings. The van der Waals surface area contributed by atoms with Crippen LogP contribution < -0.4 is 15.5 Å². The summed E-state index contributed by atoms with van der Waals surface area (Å²) in [6.45, 7) is 4.89. The fourth-order valence-electron chi connectivity index (χ4n) is 4.21. The summed E-state index contributed by atoms with van der Waals surface area (Å²) in [5.41, 5.74) is 2.14. The van der Waals surface area contributed by atoms with E-state index < -0.39 is 18.0 Å². The molecule has 2 aromatic carbocycles. The second-order valence-electron chi connectivity index (χ2n) is 7.91. The fourth-order valence-corrected chi connectivity index (χ4v) is 4.41. The minimum absolute atomic E-state index is 0.215. The van der Waals surface area contributed by atoms with Crippen LogP contribution in [0.15, 0.2) is 59.8 Å². The van der Waals surface area contributed by atoms with Crippen LogP contribution in [-0.4, -0.2) is 56.2 Å². The lowest BCUT2D eigenvalue weighted by Crippen LogP contribution is -2.52. The van der Waals surface area contributed by atoms with Gasteiger partial charge in [-0.2, -0.15) is 0 Å². The van der Waals surface area contributed by atoms with Crippen LogP contribution in [0.3, 0.4) is 0 Å². The number of esters is 1. The van der Waals surface area contributed by atoms with E-state index in [9.17, 15) is 14.0 Å². The number of ether oxygens (including phenoxy) is 1. The molecule has 2 aliphatic heterocycles. The van der Waals surface area contributed by atoms with Crippen LogP contribution >= 0.6 is 11.6 Å². The first kappa shape index (κ1) is 23.1. The van der Waals surface area contributed by atoms with E-state index in [1.165, 1.54) is 6.07 Å². The van der Waals surface area contributed by atoms with Gasteiger partial charge in [0.05, 0.1) is 23.9 Å². The highest BCUT2D eigenvalue weighted by molar-refractivity contribution is 6.30.